The average molecular weight is 361 g/mol. The molecule has 136 valence electrons. The molecule has 7 nitrogen and oxygen atoms in total. The van der Waals surface area contributed by atoms with E-state index in [9.17, 15) is 4.79 Å². The van der Waals surface area contributed by atoms with Gasteiger partial charge in [-0.1, -0.05) is 36.4 Å². The van der Waals surface area contributed by atoms with Crippen LogP contribution in [0.25, 0.3) is 5.70 Å². The molecule has 2 aromatic heterocycles. The van der Waals surface area contributed by atoms with Crippen LogP contribution in [0.3, 0.4) is 0 Å². The SMILES string of the molecule is CCOC(=O)C1=C(c2ccccc2)Nc2nc(C)nn2[C@@H]1c1cccnc1. The number of ether oxygens (including phenoxy) is 1. The number of nitrogens with zero attached hydrogens (tertiary/aromatic N) is 4. The van der Waals surface area contributed by atoms with E-state index in [0.29, 0.717) is 23.0 Å². The van der Waals surface area contributed by atoms with Crippen LogP contribution in [0.5, 0.6) is 0 Å². The number of hydrogen-bond acceptors (Lipinski definition) is 6. The van der Waals surface area contributed by atoms with Crippen molar-refractivity contribution in [3.8, 4) is 0 Å². The molecule has 3 aromatic rings. The predicted octanol–water partition coefficient (Wildman–Crippen LogP) is 2.97. The molecule has 3 heterocycles. The molecular formula is C20H19N5O2. The monoisotopic (exact) mass is 361 g/mol. The van der Waals surface area contributed by atoms with Crippen molar-refractivity contribution in [2.75, 3.05) is 11.9 Å². The summed E-state index contributed by atoms with van der Waals surface area (Å²) in [4.78, 5) is 21.7. The number of esters is 1. The Morgan fingerprint density at radius 1 is 1.22 bits per heavy atom. The highest BCUT2D eigenvalue weighted by Gasteiger charge is 2.36. The first-order chi connectivity index (χ1) is 13.2. The van der Waals surface area contributed by atoms with E-state index >= 15 is 0 Å². The van der Waals surface area contributed by atoms with Gasteiger partial charge in [0, 0.05) is 12.4 Å². The Bertz CT molecular complexity index is 996. The topological polar surface area (TPSA) is 81.9 Å². The Hall–Kier alpha value is -3.48. The largest absolute Gasteiger partial charge is 0.463 e. The number of rotatable bonds is 4. The third kappa shape index (κ3) is 3.08. The molecule has 0 aliphatic carbocycles. The molecule has 0 spiro atoms. The van der Waals surface area contributed by atoms with Gasteiger partial charge in [0.15, 0.2) is 0 Å². The average Bonchev–Trinajstić information content (AvgIpc) is 3.08. The van der Waals surface area contributed by atoms with E-state index in [-0.39, 0.29) is 6.61 Å². The minimum Gasteiger partial charge on any atom is -0.463 e. The maximum Gasteiger partial charge on any atom is 0.338 e. The van der Waals surface area contributed by atoms with Gasteiger partial charge in [-0.15, -0.1) is 0 Å². The number of hydrogen-bond donors (Lipinski definition) is 1. The van der Waals surface area contributed by atoms with Crippen LogP contribution in [0.1, 0.15) is 29.9 Å². The second-order valence-electron chi connectivity index (χ2n) is 6.12. The lowest BCUT2D eigenvalue weighted by atomic mass is 9.94. The van der Waals surface area contributed by atoms with Crippen LogP contribution in [0.4, 0.5) is 5.95 Å². The van der Waals surface area contributed by atoms with Crippen molar-refractivity contribution in [1.82, 2.24) is 19.7 Å². The van der Waals surface area contributed by atoms with Gasteiger partial charge in [0.1, 0.15) is 11.9 Å². The minimum absolute atomic E-state index is 0.285. The van der Waals surface area contributed by atoms with E-state index in [1.807, 2.05) is 49.4 Å². The second kappa shape index (κ2) is 7.03. The summed E-state index contributed by atoms with van der Waals surface area (Å²) >= 11 is 0. The molecular weight excluding hydrogens is 342 g/mol. The summed E-state index contributed by atoms with van der Waals surface area (Å²) in [5, 5.41) is 7.77. The Kier molecular flexibility index (Phi) is 4.42. The van der Waals surface area contributed by atoms with Gasteiger partial charge >= 0.3 is 5.97 Å². The molecule has 1 aliphatic rings. The smallest absolute Gasteiger partial charge is 0.338 e. The Morgan fingerprint density at radius 3 is 2.74 bits per heavy atom. The lowest BCUT2D eigenvalue weighted by Crippen LogP contribution is -2.30. The third-order valence-electron chi connectivity index (χ3n) is 4.32. The summed E-state index contributed by atoms with van der Waals surface area (Å²) in [5.41, 5.74) is 2.86. The molecule has 27 heavy (non-hydrogen) atoms. The van der Waals surface area contributed by atoms with Crippen LogP contribution in [0, 0.1) is 6.92 Å². The number of carbonyl (C=O) groups excluding carboxylic acids is 1. The Morgan fingerprint density at radius 2 is 2.04 bits per heavy atom. The number of fused-ring (bicyclic) bond motifs is 1. The minimum atomic E-state index is -0.481. The van der Waals surface area contributed by atoms with Crippen LogP contribution in [0.15, 0.2) is 60.4 Å². The third-order valence-corrected chi connectivity index (χ3v) is 4.32. The number of benzene rings is 1. The molecule has 0 unspecified atom stereocenters. The molecule has 1 aromatic carbocycles. The van der Waals surface area contributed by atoms with Gasteiger partial charge in [-0.3, -0.25) is 4.98 Å². The fourth-order valence-corrected chi connectivity index (χ4v) is 3.23. The zero-order valence-electron chi connectivity index (χ0n) is 15.1. The number of aromatic nitrogens is 4. The van der Waals surface area contributed by atoms with Crippen molar-refractivity contribution in [2.45, 2.75) is 19.9 Å². The van der Waals surface area contributed by atoms with E-state index in [1.54, 1.807) is 24.0 Å². The summed E-state index contributed by atoms with van der Waals surface area (Å²) in [7, 11) is 0. The first-order valence-electron chi connectivity index (χ1n) is 8.76. The predicted molar refractivity (Wildman–Crippen MR) is 101 cm³/mol. The highest BCUT2D eigenvalue weighted by Crippen LogP contribution is 2.38. The van der Waals surface area contributed by atoms with Crippen molar-refractivity contribution in [3.05, 3.63) is 77.4 Å². The van der Waals surface area contributed by atoms with Gasteiger partial charge in [-0.05, 0) is 31.0 Å². The molecule has 0 saturated carbocycles. The highest BCUT2D eigenvalue weighted by molar-refractivity contribution is 6.02. The molecule has 0 fully saturated rings. The Labute approximate surface area is 156 Å². The molecule has 0 bridgehead atoms. The van der Waals surface area contributed by atoms with Gasteiger partial charge in [-0.25, -0.2) is 9.48 Å². The van der Waals surface area contributed by atoms with E-state index in [4.69, 9.17) is 4.74 Å². The Balaban J connectivity index is 1.98. The number of anilines is 1. The quantitative estimate of drug-likeness (QED) is 0.720. The van der Waals surface area contributed by atoms with Crippen molar-refractivity contribution < 1.29 is 9.53 Å². The fourth-order valence-electron chi connectivity index (χ4n) is 3.23. The van der Waals surface area contributed by atoms with Gasteiger partial charge in [0.25, 0.3) is 0 Å². The zero-order chi connectivity index (χ0) is 18.8. The van der Waals surface area contributed by atoms with Crippen LogP contribution in [-0.4, -0.2) is 32.3 Å². The summed E-state index contributed by atoms with van der Waals surface area (Å²) in [6.45, 7) is 3.90. The van der Waals surface area contributed by atoms with Gasteiger partial charge in [-0.2, -0.15) is 10.1 Å². The van der Waals surface area contributed by atoms with E-state index in [0.717, 1.165) is 11.1 Å². The van der Waals surface area contributed by atoms with Gasteiger partial charge in [0.2, 0.25) is 5.95 Å². The lowest BCUT2D eigenvalue weighted by Gasteiger charge is -2.29. The second-order valence-corrected chi connectivity index (χ2v) is 6.12. The standard InChI is InChI=1S/C20H19N5O2/c1-3-27-19(26)16-17(14-8-5-4-6-9-14)23-20-22-13(2)24-25(20)18(16)15-10-7-11-21-12-15/h4-12,18H,3H2,1-2H3,(H,22,23,24)/t18-/m1/s1. The van der Waals surface area contributed by atoms with Crippen LogP contribution in [-0.2, 0) is 9.53 Å². The van der Waals surface area contributed by atoms with Gasteiger partial charge < -0.3 is 10.1 Å². The summed E-state index contributed by atoms with van der Waals surface area (Å²) in [6.07, 6.45) is 3.43. The van der Waals surface area contributed by atoms with E-state index in [2.05, 4.69) is 20.4 Å². The van der Waals surface area contributed by atoms with Crippen molar-refractivity contribution in [2.24, 2.45) is 0 Å². The van der Waals surface area contributed by atoms with E-state index < -0.39 is 12.0 Å². The fraction of sp³-hybridized carbons (Fsp3) is 0.200. The van der Waals surface area contributed by atoms with Crippen molar-refractivity contribution in [3.63, 3.8) is 0 Å². The van der Waals surface area contributed by atoms with Crippen molar-refractivity contribution in [1.29, 1.82) is 0 Å². The number of aryl methyl sites for hydroxylation is 1. The zero-order valence-corrected chi connectivity index (χ0v) is 15.1. The first kappa shape index (κ1) is 17.0. The maximum atomic E-state index is 13.0. The van der Waals surface area contributed by atoms with Crippen LogP contribution >= 0.6 is 0 Å². The maximum absolute atomic E-state index is 13.0. The summed E-state index contributed by atoms with van der Waals surface area (Å²) in [6, 6.07) is 13.0. The van der Waals surface area contributed by atoms with E-state index in [1.165, 1.54) is 0 Å². The molecule has 0 radical (unpaired) electrons. The molecule has 1 aliphatic heterocycles. The summed E-state index contributed by atoms with van der Waals surface area (Å²) in [5.74, 6) is 0.800. The number of pyridine rings is 1. The lowest BCUT2D eigenvalue weighted by molar-refractivity contribution is -0.138. The number of nitrogens with one attached hydrogen (secondary N) is 1. The molecule has 1 atom stereocenters. The number of carbonyl (C=O) groups is 1. The molecule has 0 amide bonds. The normalized spacial score (nSPS) is 15.9. The first-order valence-corrected chi connectivity index (χ1v) is 8.76. The molecule has 1 N–H and O–H groups in total. The molecule has 4 rings (SSSR count). The summed E-state index contributed by atoms with van der Waals surface area (Å²) < 4.78 is 7.10. The molecule has 0 saturated heterocycles. The highest BCUT2D eigenvalue weighted by atomic mass is 16.5. The van der Waals surface area contributed by atoms with Crippen molar-refractivity contribution >= 4 is 17.6 Å². The molecule has 7 heteroatoms. The van der Waals surface area contributed by atoms with Crippen LogP contribution < -0.4 is 5.32 Å². The van der Waals surface area contributed by atoms with Gasteiger partial charge in [0.05, 0.1) is 17.9 Å². The van der Waals surface area contributed by atoms with Crippen LogP contribution in [0.2, 0.25) is 0 Å².